The smallest absolute Gasteiger partial charge is 0.361 e. The van der Waals surface area contributed by atoms with Gasteiger partial charge in [-0.1, -0.05) is 13.8 Å². The van der Waals surface area contributed by atoms with Gasteiger partial charge in [-0.05, 0) is 35.6 Å². The van der Waals surface area contributed by atoms with Gasteiger partial charge in [0.2, 0.25) is 5.91 Å². The molecule has 0 saturated carbocycles. The SMILES string of the molecule is CC(C)C[C@@H](C(=O)Nc1cnccn1)N1C=C2C=CC(=O)C(C(F)(F)F)=C2C1. The lowest BCUT2D eigenvalue weighted by Crippen LogP contribution is -2.42. The number of alkyl halides is 3. The molecule has 2 heterocycles. The fourth-order valence-corrected chi connectivity index (χ4v) is 3.26. The summed E-state index contributed by atoms with van der Waals surface area (Å²) in [7, 11) is 0. The molecule has 0 bridgehead atoms. The van der Waals surface area contributed by atoms with Gasteiger partial charge in [0.1, 0.15) is 11.6 Å². The van der Waals surface area contributed by atoms with E-state index >= 15 is 0 Å². The van der Waals surface area contributed by atoms with E-state index in [0.29, 0.717) is 12.0 Å². The zero-order valence-electron chi connectivity index (χ0n) is 15.3. The average Bonchev–Trinajstić information content (AvgIpc) is 3.02. The maximum absolute atomic E-state index is 13.4. The summed E-state index contributed by atoms with van der Waals surface area (Å²) in [5, 5.41) is 2.65. The second kappa shape index (κ2) is 7.57. The molecular formula is C19H19F3N4O2. The topological polar surface area (TPSA) is 75.2 Å². The van der Waals surface area contributed by atoms with E-state index in [1.807, 2.05) is 13.8 Å². The monoisotopic (exact) mass is 392 g/mol. The highest BCUT2D eigenvalue weighted by Gasteiger charge is 2.44. The summed E-state index contributed by atoms with van der Waals surface area (Å²) in [6.07, 6.45) is 3.73. The number of anilines is 1. The molecule has 6 nitrogen and oxygen atoms in total. The number of carbonyl (C=O) groups excluding carboxylic acids is 2. The lowest BCUT2D eigenvalue weighted by Gasteiger charge is -2.28. The number of ketones is 1. The summed E-state index contributed by atoms with van der Waals surface area (Å²) < 4.78 is 40.1. The van der Waals surface area contributed by atoms with E-state index in [9.17, 15) is 22.8 Å². The Kier molecular flexibility index (Phi) is 5.35. The Labute approximate surface area is 159 Å². The van der Waals surface area contributed by atoms with E-state index in [4.69, 9.17) is 0 Å². The van der Waals surface area contributed by atoms with Gasteiger partial charge in [0.15, 0.2) is 11.6 Å². The summed E-state index contributed by atoms with van der Waals surface area (Å²) in [5.74, 6) is -1.08. The van der Waals surface area contributed by atoms with Gasteiger partial charge in [-0.3, -0.25) is 14.6 Å². The van der Waals surface area contributed by atoms with Gasteiger partial charge in [-0.25, -0.2) is 4.98 Å². The van der Waals surface area contributed by atoms with Crippen molar-refractivity contribution in [1.29, 1.82) is 0 Å². The normalized spacial score (nSPS) is 17.7. The minimum absolute atomic E-state index is 0.0962. The molecule has 3 rings (SSSR count). The fraction of sp³-hybridized carbons (Fsp3) is 0.368. The van der Waals surface area contributed by atoms with Gasteiger partial charge in [-0.15, -0.1) is 0 Å². The Hall–Kier alpha value is -2.97. The summed E-state index contributed by atoms with van der Waals surface area (Å²) in [6, 6.07) is -0.717. The summed E-state index contributed by atoms with van der Waals surface area (Å²) in [6.45, 7) is 3.68. The molecule has 2 aliphatic rings. The number of allylic oxidation sites excluding steroid dienone is 3. The molecule has 9 heteroatoms. The van der Waals surface area contributed by atoms with Crippen LogP contribution in [-0.4, -0.2) is 45.3 Å². The highest BCUT2D eigenvalue weighted by atomic mass is 19.4. The zero-order chi connectivity index (χ0) is 20.5. The average molecular weight is 392 g/mol. The molecule has 28 heavy (non-hydrogen) atoms. The molecule has 1 aliphatic carbocycles. The number of hydrogen-bond acceptors (Lipinski definition) is 5. The van der Waals surface area contributed by atoms with Crippen LogP contribution in [0.5, 0.6) is 0 Å². The predicted octanol–water partition coefficient (Wildman–Crippen LogP) is 3.03. The van der Waals surface area contributed by atoms with Crippen LogP contribution in [0.25, 0.3) is 0 Å². The Morgan fingerprint density at radius 2 is 2.04 bits per heavy atom. The number of halogens is 3. The minimum Gasteiger partial charge on any atom is -0.361 e. The lowest BCUT2D eigenvalue weighted by molar-refractivity contribution is -0.125. The van der Waals surface area contributed by atoms with Gasteiger partial charge in [-0.2, -0.15) is 13.2 Å². The fourth-order valence-electron chi connectivity index (χ4n) is 3.26. The first-order chi connectivity index (χ1) is 13.2. The maximum atomic E-state index is 13.4. The predicted molar refractivity (Wildman–Crippen MR) is 95.9 cm³/mol. The highest BCUT2D eigenvalue weighted by Crippen LogP contribution is 2.38. The first-order valence-corrected chi connectivity index (χ1v) is 8.74. The van der Waals surface area contributed by atoms with Crippen molar-refractivity contribution < 1.29 is 22.8 Å². The number of nitrogens with one attached hydrogen (secondary N) is 1. The van der Waals surface area contributed by atoms with Gasteiger partial charge in [0.25, 0.3) is 0 Å². The summed E-state index contributed by atoms with van der Waals surface area (Å²) >= 11 is 0. The standard InChI is InChI=1S/C19H19F3N4O2/c1-11(2)7-14(18(28)25-16-8-23-5-6-24-16)26-9-12-3-4-15(27)17(13(12)10-26)19(20,21)22/h3-6,8-9,11,14H,7,10H2,1-2H3,(H,24,25,28)/t14-/m0/s1. The van der Waals surface area contributed by atoms with Crippen LogP contribution in [0, 0.1) is 5.92 Å². The summed E-state index contributed by atoms with van der Waals surface area (Å²) in [5.41, 5.74) is -0.963. The van der Waals surface area contributed by atoms with Crippen molar-refractivity contribution in [2.75, 3.05) is 11.9 Å². The van der Waals surface area contributed by atoms with Gasteiger partial charge < -0.3 is 10.2 Å². The Balaban J connectivity index is 1.90. The summed E-state index contributed by atoms with van der Waals surface area (Å²) in [4.78, 5) is 34.0. The van der Waals surface area contributed by atoms with Crippen LogP contribution in [0.3, 0.4) is 0 Å². The molecule has 1 aliphatic heterocycles. The molecular weight excluding hydrogens is 373 g/mol. The van der Waals surface area contributed by atoms with Crippen LogP contribution in [-0.2, 0) is 9.59 Å². The Bertz CT molecular complexity index is 873. The third kappa shape index (κ3) is 4.13. The molecule has 1 amide bonds. The van der Waals surface area contributed by atoms with Crippen molar-refractivity contribution >= 4 is 17.5 Å². The maximum Gasteiger partial charge on any atom is 0.420 e. The quantitative estimate of drug-likeness (QED) is 0.834. The second-order valence-corrected chi connectivity index (χ2v) is 7.03. The van der Waals surface area contributed by atoms with Crippen LogP contribution >= 0.6 is 0 Å². The van der Waals surface area contributed by atoms with Crippen LogP contribution in [0.4, 0.5) is 19.0 Å². The van der Waals surface area contributed by atoms with Gasteiger partial charge in [0.05, 0.1) is 6.20 Å². The van der Waals surface area contributed by atoms with Crippen LogP contribution in [0.15, 0.2) is 53.7 Å². The largest absolute Gasteiger partial charge is 0.420 e. The van der Waals surface area contributed by atoms with Crippen molar-refractivity contribution in [3.63, 3.8) is 0 Å². The third-order valence-corrected chi connectivity index (χ3v) is 4.45. The van der Waals surface area contributed by atoms with Crippen LogP contribution in [0.1, 0.15) is 20.3 Å². The minimum atomic E-state index is -4.75. The number of carbonyl (C=O) groups is 2. The molecule has 0 unspecified atom stereocenters. The van der Waals surface area contributed by atoms with Crippen LogP contribution < -0.4 is 5.32 Å². The molecule has 1 aromatic heterocycles. The number of nitrogens with zero attached hydrogens (tertiary/aromatic N) is 3. The number of amides is 1. The van der Waals surface area contributed by atoms with Crippen LogP contribution in [0.2, 0.25) is 0 Å². The number of rotatable bonds is 5. The molecule has 0 radical (unpaired) electrons. The first kappa shape index (κ1) is 19.8. The molecule has 1 aromatic rings. The van der Waals surface area contributed by atoms with E-state index in [-0.39, 0.29) is 23.9 Å². The molecule has 0 saturated heterocycles. The zero-order valence-corrected chi connectivity index (χ0v) is 15.3. The Morgan fingerprint density at radius 3 is 2.64 bits per heavy atom. The number of aromatic nitrogens is 2. The second-order valence-electron chi connectivity index (χ2n) is 7.03. The van der Waals surface area contributed by atoms with Gasteiger partial charge in [0, 0.05) is 25.1 Å². The van der Waals surface area contributed by atoms with Crippen molar-refractivity contribution in [3.8, 4) is 0 Å². The molecule has 1 N–H and O–H groups in total. The van der Waals surface area contributed by atoms with E-state index in [2.05, 4.69) is 15.3 Å². The van der Waals surface area contributed by atoms with E-state index in [1.54, 1.807) is 4.90 Å². The highest BCUT2D eigenvalue weighted by molar-refractivity contribution is 6.08. The van der Waals surface area contributed by atoms with Crippen molar-refractivity contribution in [2.45, 2.75) is 32.5 Å². The Morgan fingerprint density at radius 1 is 1.29 bits per heavy atom. The van der Waals surface area contributed by atoms with E-state index in [0.717, 1.165) is 6.08 Å². The van der Waals surface area contributed by atoms with Crippen molar-refractivity contribution in [2.24, 2.45) is 5.92 Å². The van der Waals surface area contributed by atoms with E-state index < -0.39 is 29.5 Å². The number of hydrogen-bond donors (Lipinski definition) is 1. The van der Waals surface area contributed by atoms with E-state index in [1.165, 1.54) is 30.9 Å². The van der Waals surface area contributed by atoms with Crippen molar-refractivity contribution in [3.05, 3.63) is 53.7 Å². The molecule has 0 fully saturated rings. The molecule has 148 valence electrons. The molecule has 0 aromatic carbocycles. The number of fused-ring (bicyclic) bond motifs is 1. The molecule has 0 spiro atoms. The third-order valence-electron chi connectivity index (χ3n) is 4.45. The van der Waals surface area contributed by atoms with Crippen molar-refractivity contribution in [1.82, 2.24) is 14.9 Å². The molecule has 1 atom stereocenters. The first-order valence-electron chi connectivity index (χ1n) is 8.74. The lowest BCUT2D eigenvalue weighted by atomic mass is 9.93. The van der Waals surface area contributed by atoms with Gasteiger partial charge >= 0.3 is 6.18 Å².